The molecule has 1 aliphatic rings. The van der Waals surface area contributed by atoms with Crippen LogP contribution in [0.25, 0.3) is 0 Å². The molecule has 1 atom stereocenters. The highest BCUT2D eigenvalue weighted by Gasteiger charge is 2.32. The quantitative estimate of drug-likeness (QED) is 0.836. The summed E-state index contributed by atoms with van der Waals surface area (Å²) < 4.78 is 5.89. The highest BCUT2D eigenvalue weighted by molar-refractivity contribution is 6.32. The first-order valence-electron chi connectivity index (χ1n) is 9.61. The van der Waals surface area contributed by atoms with E-state index in [1.807, 2.05) is 39.0 Å². The minimum atomic E-state index is -0.956. The van der Waals surface area contributed by atoms with Gasteiger partial charge in [-0.3, -0.25) is 9.78 Å². The van der Waals surface area contributed by atoms with Crippen molar-refractivity contribution >= 4 is 17.5 Å². The van der Waals surface area contributed by atoms with Crippen molar-refractivity contribution in [2.75, 3.05) is 19.7 Å². The molecule has 1 saturated heterocycles. The van der Waals surface area contributed by atoms with Crippen LogP contribution in [0.15, 0.2) is 30.5 Å². The maximum atomic E-state index is 12.7. The third-order valence-electron chi connectivity index (χ3n) is 5.28. The van der Waals surface area contributed by atoms with Gasteiger partial charge in [-0.05, 0) is 75.4 Å². The molecule has 1 N–H and O–H groups in total. The summed E-state index contributed by atoms with van der Waals surface area (Å²) in [5.74, 6) is 0.664. The molecule has 6 heteroatoms. The van der Waals surface area contributed by atoms with E-state index in [4.69, 9.17) is 16.3 Å². The summed E-state index contributed by atoms with van der Waals surface area (Å²) in [5, 5.41) is 11.7. The molecule has 0 aliphatic carbocycles. The fourth-order valence-corrected chi connectivity index (χ4v) is 3.62. The molecule has 1 aromatic carbocycles. The van der Waals surface area contributed by atoms with Crippen molar-refractivity contribution in [3.63, 3.8) is 0 Å². The number of hydrogen-bond acceptors (Lipinski definition) is 4. The number of hydrogen-bond donors (Lipinski definition) is 1. The second kappa shape index (κ2) is 8.50. The number of aryl methyl sites for hydroxylation is 3. The van der Waals surface area contributed by atoms with Crippen molar-refractivity contribution in [2.45, 2.75) is 45.6 Å². The fraction of sp³-hybridized carbons (Fsp3) is 0.455. The SMILES string of the molecule is Cc1ccc(C(=O)N2CCCC(O)(COc3cc(C)c(Cl)c(C)c3)CC2)cn1. The molecule has 1 amide bonds. The molecule has 2 aromatic rings. The number of aromatic nitrogens is 1. The van der Waals surface area contributed by atoms with E-state index in [1.165, 1.54) is 0 Å². The number of amides is 1. The third kappa shape index (κ3) is 4.83. The molecule has 1 unspecified atom stereocenters. The number of halogens is 1. The first-order valence-corrected chi connectivity index (χ1v) is 9.99. The normalized spacial score (nSPS) is 20.0. The van der Waals surface area contributed by atoms with Crippen LogP contribution in [0.3, 0.4) is 0 Å². The monoisotopic (exact) mass is 402 g/mol. The number of carbonyl (C=O) groups excluding carboxylic acids is 1. The zero-order valence-corrected chi connectivity index (χ0v) is 17.4. The molecule has 1 aromatic heterocycles. The number of rotatable bonds is 4. The Kier molecular flexibility index (Phi) is 6.26. The van der Waals surface area contributed by atoms with Crippen LogP contribution in [0.1, 0.15) is 46.4 Å². The van der Waals surface area contributed by atoms with Gasteiger partial charge in [-0.15, -0.1) is 0 Å². The molecule has 2 heterocycles. The van der Waals surface area contributed by atoms with Crippen LogP contribution >= 0.6 is 11.6 Å². The smallest absolute Gasteiger partial charge is 0.255 e. The number of benzene rings is 1. The molecule has 1 fully saturated rings. The molecule has 0 saturated carbocycles. The predicted octanol–water partition coefficient (Wildman–Crippen LogP) is 4.10. The average Bonchev–Trinajstić information content (AvgIpc) is 2.87. The van der Waals surface area contributed by atoms with E-state index in [0.29, 0.717) is 37.2 Å². The summed E-state index contributed by atoms with van der Waals surface area (Å²) in [7, 11) is 0. The van der Waals surface area contributed by atoms with E-state index >= 15 is 0 Å². The van der Waals surface area contributed by atoms with Gasteiger partial charge in [-0.25, -0.2) is 0 Å². The van der Waals surface area contributed by atoms with Crippen LogP contribution in [-0.2, 0) is 0 Å². The van der Waals surface area contributed by atoms with E-state index < -0.39 is 5.60 Å². The van der Waals surface area contributed by atoms with Crippen molar-refractivity contribution in [1.82, 2.24) is 9.88 Å². The largest absolute Gasteiger partial charge is 0.491 e. The fourth-order valence-electron chi connectivity index (χ4n) is 3.51. The number of nitrogens with zero attached hydrogens (tertiary/aromatic N) is 2. The minimum absolute atomic E-state index is 0.0402. The lowest BCUT2D eigenvalue weighted by Crippen LogP contribution is -2.38. The molecule has 0 spiro atoms. The highest BCUT2D eigenvalue weighted by atomic mass is 35.5. The second-order valence-corrected chi connectivity index (χ2v) is 8.10. The van der Waals surface area contributed by atoms with Crippen LogP contribution in [0.5, 0.6) is 5.75 Å². The maximum Gasteiger partial charge on any atom is 0.255 e. The molecular weight excluding hydrogens is 376 g/mol. The average molecular weight is 403 g/mol. The lowest BCUT2D eigenvalue weighted by Gasteiger charge is -2.27. The van der Waals surface area contributed by atoms with Crippen molar-refractivity contribution in [2.24, 2.45) is 0 Å². The summed E-state index contributed by atoms with van der Waals surface area (Å²) >= 11 is 6.21. The van der Waals surface area contributed by atoms with Crippen molar-refractivity contribution < 1.29 is 14.6 Å². The molecule has 3 rings (SSSR count). The van der Waals surface area contributed by atoms with Crippen LogP contribution in [0, 0.1) is 20.8 Å². The lowest BCUT2D eigenvalue weighted by atomic mass is 9.96. The molecule has 28 heavy (non-hydrogen) atoms. The zero-order valence-electron chi connectivity index (χ0n) is 16.7. The van der Waals surface area contributed by atoms with E-state index in [-0.39, 0.29) is 12.5 Å². The lowest BCUT2D eigenvalue weighted by molar-refractivity contribution is -0.0163. The molecule has 1 aliphatic heterocycles. The van der Waals surface area contributed by atoms with Gasteiger partial charge >= 0.3 is 0 Å². The van der Waals surface area contributed by atoms with E-state index in [9.17, 15) is 9.90 Å². The highest BCUT2D eigenvalue weighted by Crippen LogP contribution is 2.28. The van der Waals surface area contributed by atoms with Crippen molar-refractivity contribution in [3.05, 3.63) is 57.9 Å². The number of carbonyl (C=O) groups is 1. The Morgan fingerprint density at radius 3 is 2.57 bits per heavy atom. The first kappa shape index (κ1) is 20.6. The first-order chi connectivity index (χ1) is 13.3. The predicted molar refractivity (Wildman–Crippen MR) is 110 cm³/mol. The molecule has 0 bridgehead atoms. The summed E-state index contributed by atoms with van der Waals surface area (Å²) in [6.45, 7) is 7.07. The van der Waals surface area contributed by atoms with Crippen molar-refractivity contribution in [1.29, 1.82) is 0 Å². The van der Waals surface area contributed by atoms with E-state index in [0.717, 1.165) is 28.3 Å². The van der Waals surface area contributed by atoms with Crippen LogP contribution in [0.2, 0.25) is 5.02 Å². The Balaban J connectivity index is 1.62. The minimum Gasteiger partial charge on any atom is -0.491 e. The summed E-state index contributed by atoms with van der Waals surface area (Å²) in [6.07, 6.45) is 3.41. The maximum absolute atomic E-state index is 12.7. The summed E-state index contributed by atoms with van der Waals surface area (Å²) in [5.41, 5.74) is 2.41. The van der Waals surface area contributed by atoms with Gasteiger partial charge in [0, 0.05) is 30.0 Å². The number of ether oxygens (including phenoxy) is 1. The molecular formula is C22H27ClN2O3. The van der Waals surface area contributed by atoms with E-state index in [2.05, 4.69) is 4.98 Å². The zero-order chi connectivity index (χ0) is 20.3. The Morgan fingerprint density at radius 2 is 1.93 bits per heavy atom. The third-order valence-corrected chi connectivity index (χ3v) is 5.88. The second-order valence-electron chi connectivity index (χ2n) is 7.72. The number of pyridine rings is 1. The van der Waals surface area contributed by atoms with Gasteiger partial charge in [0.15, 0.2) is 0 Å². The standard InChI is InChI=1S/C22H27ClN2O3/c1-15-11-19(12-16(2)20(15)23)28-14-22(27)7-4-9-25(10-8-22)21(26)18-6-5-17(3)24-13-18/h5-6,11-13,27H,4,7-10,14H2,1-3H3. The van der Waals surface area contributed by atoms with E-state index in [1.54, 1.807) is 17.2 Å². The van der Waals surface area contributed by atoms with Gasteiger partial charge in [0.05, 0.1) is 5.56 Å². The van der Waals surface area contributed by atoms with Gasteiger partial charge in [0.1, 0.15) is 18.0 Å². The van der Waals surface area contributed by atoms with Crippen LogP contribution in [-0.4, -0.2) is 46.2 Å². The van der Waals surface area contributed by atoms with Gasteiger partial charge in [0.25, 0.3) is 5.91 Å². The Hall–Kier alpha value is -2.11. The summed E-state index contributed by atoms with van der Waals surface area (Å²) in [4.78, 5) is 18.7. The topological polar surface area (TPSA) is 62.7 Å². The number of likely N-dealkylation sites (tertiary alicyclic amines) is 1. The number of aliphatic hydroxyl groups is 1. The van der Waals surface area contributed by atoms with Gasteiger partial charge in [-0.2, -0.15) is 0 Å². The van der Waals surface area contributed by atoms with Gasteiger partial charge in [-0.1, -0.05) is 11.6 Å². The van der Waals surface area contributed by atoms with Gasteiger partial charge in [0.2, 0.25) is 0 Å². The molecule has 5 nitrogen and oxygen atoms in total. The van der Waals surface area contributed by atoms with Gasteiger partial charge < -0.3 is 14.7 Å². The summed E-state index contributed by atoms with van der Waals surface area (Å²) in [6, 6.07) is 7.41. The Labute approximate surface area is 171 Å². The molecule has 0 radical (unpaired) electrons. The Bertz CT molecular complexity index is 830. The Morgan fingerprint density at radius 1 is 1.21 bits per heavy atom. The van der Waals surface area contributed by atoms with Crippen LogP contribution in [0.4, 0.5) is 0 Å². The van der Waals surface area contributed by atoms with Crippen molar-refractivity contribution in [3.8, 4) is 5.75 Å². The molecule has 150 valence electrons. The van der Waals surface area contributed by atoms with Crippen LogP contribution < -0.4 is 4.74 Å².